The Bertz CT molecular complexity index is 792. The van der Waals surface area contributed by atoms with Gasteiger partial charge in [0.25, 0.3) is 0 Å². The second-order valence-electron chi connectivity index (χ2n) is 11.6. The fourth-order valence-electron chi connectivity index (χ4n) is 4.16. The first-order valence-electron chi connectivity index (χ1n) is 15.3. The van der Waals surface area contributed by atoms with Crippen molar-refractivity contribution < 1.29 is 13.3 Å². The zero-order valence-corrected chi connectivity index (χ0v) is 24.9. The molecule has 1 atom stereocenters. The maximum absolute atomic E-state index is 12.5. The number of carbonyl (C=O) groups excluding carboxylic acids is 1. The summed E-state index contributed by atoms with van der Waals surface area (Å²) in [5.41, 5.74) is 4.28. The quantitative estimate of drug-likeness (QED) is 0.159. The van der Waals surface area contributed by atoms with Gasteiger partial charge in [0.2, 0.25) is 5.91 Å². The molecule has 0 aromatic heterocycles. The van der Waals surface area contributed by atoms with Gasteiger partial charge in [0.05, 0.1) is 0 Å². The average molecular weight is 508 g/mol. The first kappa shape index (κ1) is 26.9. The lowest BCUT2D eigenvalue weighted by molar-refractivity contribution is -0.132. The van der Waals surface area contributed by atoms with E-state index in [4.69, 9.17) is 8.54 Å². The van der Waals surface area contributed by atoms with Crippen LogP contribution in [0.1, 0.15) is 89.6 Å². The second-order valence-corrected chi connectivity index (χ2v) is 16.1. The summed E-state index contributed by atoms with van der Waals surface area (Å²) < 4.78 is 28.5. The summed E-state index contributed by atoms with van der Waals surface area (Å²) in [6.45, 7) is 16.4. The van der Waals surface area contributed by atoms with Crippen molar-refractivity contribution in [3.8, 4) is 0 Å². The standard InChI is InChI=1S/C30H56N2O2Si/c1-26(13-9-15-27(2)17-11-19-29(4)25-34-35(6,7)8)14-10-16-28(3)18-12-20-30(33)32-23-21-31(5)22-24-32/h14-15,18,29H,9-13,16-17,19-25H2,1-8H3/b26-14+,27-15+,28-18+/i5D3. The number of amides is 1. The number of piperazine rings is 1. The molecule has 1 heterocycles. The number of nitrogens with zero attached hydrogens (tertiary/aromatic N) is 2. The Balaban J connectivity index is 2.20. The Hall–Kier alpha value is -1.17. The molecule has 35 heavy (non-hydrogen) atoms. The number of carbonyl (C=O) groups is 1. The Morgan fingerprint density at radius 1 is 0.886 bits per heavy atom. The molecule has 1 rings (SSSR count). The van der Waals surface area contributed by atoms with Crippen LogP contribution in [0.3, 0.4) is 0 Å². The summed E-state index contributed by atoms with van der Waals surface area (Å²) in [5.74, 6) is 0.771. The maximum atomic E-state index is 12.5. The minimum atomic E-state index is -2.06. The molecule has 0 aromatic carbocycles. The molecule has 0 N–H and O–H groups in total. The van der Waals surface area contributed by atoms with Crippen molar-refractivity contribution in [2.45, 2.75) is 105 Å². The van der Waals surface area contributed by atoms with Crippen LogP contribution in [0.4, 0.5) is 0 Å². The zero-order chi connectivity index (χ0) is 28.8. The van der Waals surface area contributed by atoms with E-state index in [1.807, 2.05) is 0 Å². The van der Waals surface area contributed by atoms with Crippen LogP contribution in [-0.4, -0.2) is 63.8 Å². The van der Waals surface area contributed by atoms with Crippen molar-refractivity contribution in [2.75, 3.05) is 39.8 Å². The Kier molecular flexibility index (Phi) is 13.3. The average Bonchev–Trinajstić information content (AvgIpc) is 2.82. The van der Waals surface area contributed by atoms with E-state index in [0.29, 0.717) is 38.5 Å². The van der Waals surface area contributed by atoms with Gasteiger partial charge in [0.15, 0.2) is 8.32 Å². The highest BCUT2D eigenvalue weighted by Crippen LogP contribution is 2.17. The highest BCUT2D eigenvalue weighted by molar-refractivity contribution is 6.69. The molecule has 1 amide bonds. The lowest BCUT2D eigenvalue weighted by atomic mass is 10.0. The largest absolute Gasteiger partial charge is 0.417 e. The number of rotatable bonds is 16. The predicted octanol–water partition coefficient (Wildman–Crippen LogP) is 7.60. The van der Waals surface area contributed by atoms with Gasteiger partial charge in [-0.3, -0.25) is 4.79 Å². The van der Waals surface area contributed by atoms with Crippen LogP contribution in [0.15, 0.2) is 34.9 Å². The minimum absolute atomic E-state index is 0.129. The highest BCUT2D eigenvalue weighted by Gasteiger charge is 2.18. The maximum Gasteiger partial charge on any atom is 0.222 e. The molecule has 0 radical (unpaired) electrons. The van der Waals surface area contributed by atoms with Crippen LogP contribution in [0.2, 0.25) is 19.6 Å². The van der Waals surface area contributed by atoms with E-state index in [1.165, 1.54) is 40.9 Å². The topological polar surface area (TPSA) is 32.8 Å². The van der Waals surface area contributed by atoms with Gasteiger partial charge in [-0.1, -0.05) is 41.9 Å². The fourth-order valence-corrected chi connectivity index (χ4v) is 4.94. The van der Waals surface area contributed by atoms with Crippen molar-refractivity contribution >= 4 is 14.2 Å². The molecule has 1 aliphatic rings. The van der Waals surface area contributed by atoms with Crippen molar-refractivity contribution in [3.63, 3.8) is 0 Å². The van der Waals surface area contributed by atoms with E-state index < -0.39 is 15.3 Å². The van der Waals surface area contributed by atoms with Crippen molar-refractivity contribution in [1.82, 2.24) is 9.80 Å². The van der Waals surface area contributed by atoms with Crippen LogP contribution in [0, 0.1) is 5.92 Å². The Morgan fingerprint density at radius 3 is 1.91 bits per heavy atom. The molecule has 4 nitrogen and oxygen atoms in total. The molecular weight excluding hydrogens is 448 g/mol. The molecule has 1 saturated heterocycles. The minimum Gasteiger partial charge on any atom is -0.417 e. The Labute approximate surface area is 223 Å². The molecular formula is C30H56N2O2Si. The molecule has 0 aliphatic carbocycles. The van der Waals surface area contributed by atoms with E-state index >= 15 is 0 Å². The van der Waals surface area contributed by atoms with Gasteiger partial charge in [-0.2, -0.15) is 0 Å². The summed E-state index contributed by atoms with van der Waals surface area (Å²) in [6, 6.07) is 0. The van der Waals surface area contributed by atoms with Crippen molar-refractivity contribution in [2.24, 2.45) is 5.92 Å². The first-order chi connectivity index (χ1) is 17.7. The molecule has 202 valence electrons. The third-order valence-corrected chi connectivity index (χ3v) is 7.65. The van der Waals surface area contributed by atoms with E-state index in [9.17, 15) is 4.79 Å². The third-order valence-electron chi connectivity index (χ3n) is 6.62. The third kappa shape index (κ3) is 17.0. The van der Waals surface area contributed by atoms with Crippen LogP contribution in [0.25, 0.3) is 0 Å². The van der Waals surface area contributed by atoms with E-state index in [-0.39, 0.29) is 5.91 Å². The van der Waals surface area contributed by atoms with Gasteiger partial charge in [-0.25, -0.2) is 0 Å². The van der Waals surface area contributed by atoms with Crippen LogP contribution in [-0.2, 0) is 9.22 Å². The van der Waals surface area contributed by atoms with E-state index in [2.05, 4.69) is 65.6 Å². The van der Waals surface area contributed by atoms with Crippen molar-refractivity contribution in [3.05, 3.63) is 34.9 Å². The molecule has 5 heteroatoms. The fraction of sp³-hybridized carbons (Fsp3) is 0.767. The zero-order valence-electron chi connectivity index (χ0n) is 26.9. The first-order valence-corrected chi connectivity index (χ1v) is 17.2. The summed E-state index contributed by atoms with van der Waals surface area (Å²) in [4.78, 5) is 15.7. The van der Waals surface area contributed by atoms with Gasteiger partial charge in [0.1, 0.15) is 0 Å². The molecule has 0 spiro atoms. The lowest BCUT2D eigenvalue weighted by Gasteiger charge is -2.32. The normalized spacial score (nSPS) is 19.3. The molecule has 1 fully saturated rings. The molecule has 1 unspecified atom stereocenters. The number of hydrogen-bond donors (Lipinski definition) is 0. The van der Waals surface area contributed by atoms with Crippen molar-refractivity contribution in [1.29, 1.82) is 0 Å². The van der Waals surface area contributed by atoms with Crippen LogP contribution >= 0.6 is 0 Å². The summed E-state index contributed by atoms with van der Waals surface area (Å²) in [5, 5.41) is 0. The van der Waals surface area contributed by atoms with Gasteiger partial charge >= 0.3 is 0 Å². The SMILES string of the molecule is [2H]C([2H])([2H])N1CCN(C(=O)CC/C=C(\C)CC/C=C(\C)CC/C=C(\C)CCCC(C)CO[Si](C)(C)C)CC1. The van der Waals surface area contributed by atoms with Gasteiger partial charge in [-0.05, 0) is 105 Å². The Morgan fingerprint density at radius 2 is 1.40 bits per heavy atom. The summed E-state index contributed by atoms with van der Waals surface area (Å²) in [6.07, 6.45) is 16.2. The summed E-state index contributed by atoms with van der Waals surface area (Å²) >= 11 is 0. The van der Waals surface area contributed by atoms with Gasteiger partial charge < -0.3 is 14.2 Å². The molecule has 0 aromatic rings. The van der Waals surface area contributed by atoms with E-state index in [0.717, 1.165) is 38.7 Å². The predicted molar refractivity (Wildman–Crippen MR) is 155 cm³/mol. The number of allylic oxidation sites excluding steroid dienone is 6. The summed E-state index contributed by atoms with van der Waals surface area (Å²) in [7, 11) is -1.40. The lowest BCUT2D eigenvalue weighted by Crippen LogP contribution is -2.47. The monoisotopic (exact) mass is 507 g/mol. The number of hydrogen-bond acceptors (Lipinski definition) is 3. The smallest absolute Gasteiger partial charge is 0.222 e. The highest BCUT2D eigenvalue weighted by atomic mass is 28.4. The van der Waals surface area contributed by atoms with Gasteiger partial charge in [0, 0.05) is 43.3 Å². The molecule has 0 saturated carbocycles. The second kappa shape index (κ2) is 17.3. The number of likely N-dealkylation sites (N-methyl/N-ethyl adjacent to an activating group) is 1. The van der Waals surface area contributed by atoms with Gasteiger partial charge in [-0.15, -0.1) is 0 Å². The van der Waals surface area contributed by atoms with Crippen LogP contribution in [0.5, 0.6) is 0 Å². The van der Waals surface area contributed by atoms with E-state index in [1.54, 1.807) is 4.90 Å². The molecule has 1 aliphatic heterocycles. The van der Waals surface area contributed by atoms with Crippen LogP contribution < -0.4 is 0 Å². The molecule has 0 bridgehead atoms.